The van der Waals surface area contributed by atoms with Gasteiger partial charge in [0.25, 0.3) is 21.9 Å². The molecule has 12 heteroatoms. The van der Waals surface area contributed by atoms with Crippen molar-refractivity contribution < 1.29 is 36.9 Å². The molecular formula is C19H27N3O8S. The Bertz CT molecular complexity index is 834. The fourth-order valence-corrected chi connectivity index (χ4v) is 3.81. The van der Waals surface area contributed by atoms with Crippen LogP contribution in [0.2, 0.25) is 0 Å². The average Bonchev–Trinajstić information content (AvgIpc) is 2.98. The van der Waals surface area contributed by atoms with Gasteiger partial charge in [-0.05, 0) is 38.5 Å². The van der Waals surface area contributed by atoms with Crippen LogP contribution in [0.4, 0.5) is 4.79 Å². The van der Waals surface area contributed by atoms with Crippen molar-refractivity contribution in [2.45, 2.75) is 49.9 Å². The molecule has 0 aromatic heterocycles. The highest BCUT2D eigenvalue weighted by Gasteiger charge is 2.32. The minimum absolute atomic E-state index is 0.0397. The van der Waals surface area contributed by atoms with Crippen molar-refractivity contribution in [1.82, 2.24) is 15.5 Å². The lowest BCUT2D eigenvalue weighted by Gasteiger charge is -2.20. The standard InChI is InChI=1S/C19H27N3O8S/c23-16-9-10-17(24)22(16)12-6-11-20-18(25)15(31(27,28)29)13-21-19(26)30-14-7-4-2-1-3-5-8-14/h1-2,9-10,14-15H,3-8,11-13H2,(H,20,25)(H,21,26)(H,27,28,29)/b2-1+. The van der Waals surface area contributed by atoms with Crippen molar-refractivity contribution in [2.75, 3.05) is 19.6 Å². The van der Waals surface area contributed by atoms with E-state index in [9.17, 15) is 32.1 Å². The van der Waals surface area contributed by atoms with Crippen molar-refractivity contribution in [3.63, 3.8) is 0 Å². The summed E-state index contributed by atoms with van der Waals surface area (Å²) in [7, 11) is -4.79. The third kappa shape index (κ3) is 8.13. The monoisotopic (exact) mass is 457 g/mol. The van der Waals surface area contributed by atoms with Gasteiger partial charge >= 0.3 is 6.09 Å². The molecule has 1 aliphatic heterocycles. The van der Waals surface area contributed by atoms with Crippen LogP contribution in [0.3, 0.4) is 0 Å². The number of hydrogen-bond donors (Lipinski definition) is 3. The maximum absolute atomic E-state index is 12.2. The van der Waals surface area contributed by atoms with Gasteiger partial charge in [0.05, 0.1) is 0 Å². The second-order valence-electron chi connectivity index (χ2n) is 7.20. The molecule has 2 atom stereocenters. The molecule has 172 valence electrons. The predicted molar refractivity (Wildman–Crippen MR) is 109 cm³/mol. The minimum Gasteiger partial charge on any atom is -0.446 e. The van der Waals surface area contributed by atoms with Crippen LogP contribution >= 0.6 is 0 Å². The largest absolute Gasteiger partial charge is 0.446 e. The lowest BCUT2D eigenvalue weighted by molar-refractivity contribution is -0.136. The number of nitrogens with one attached hydrogen (secondary N) is 2. The van der Waals surface area contributed by atoms with Crippen LogP contribution in [0, 0.1) is 0 Å². The molecule has 2 unspecified atom stereocenters. The van der Waals surface area contributed by atoms with E-state index >= 15 is 0 Å². The molecular weight excluding hydrogens is 430 g/mol. The van der Waals surface area contributed by atoms with Gasteiger partial charge in [0.15, 0.2) is 5.25 Å². The zero-order chi connectivity index (χ0) is 22.9. The van der Waals surface area contributed by atoms with Crippen LogP contribution in [-0.4, -0.2) is 72.7 Å². The molecule has 4 amide bonds. The van der Waals surface area contributed by atoms with Gasteiger partial charge in [-0.15, -0.1) is 0 Å². The molecule has 11 nitrogen and oxygen atoms in total. The van der Waals surface area contributed by atoms with Crippen molar-refractivity contribution in [3.05, 3.63) is 24.3 Å². The molecule has 2 aliphatic rings. The minimum atomic E-state index is -4.79. The molecule has 0 fully saturated rings. The summed E-state index contributed by atoms with van der Waals surface area (Å²) >= 11 is 0. The fraction of sp³-hybridized carbons (Fsp3) is 0.579. The summed E-state index contributed by atoms with van der Waals surface area (Å²) in [6.07, 6.45) is 9.19. The number of rotatable bonds is 9. The lowest BCUT2D eigenvalue weighted by atomic mass is 10.0. The van der Waals surface area contributed by atoms with Gasteiger partial charge < -0.3 is 15.4 Å². The van der Waals surface area contributed by atoms with Gasteiger partial charge in [-0.25, -0.2) is 4.79 Å². The van der Waals surface area contributed by atoms with Crippen LogP contribution in [0.25, 0.3) is 0 Å². The number of imide groups is 1. The Morgan fingerprint density at radius 3 is 2.48 bits per heavy atom. The molecule has 0 aromatic rings. The van der Waals surface area contributed by atoms with E-state index in [4.69, 9.17) is 4.74 Å². The van der Waals surface area contributed by atoms with Gasteiger partial charge in [0.1, 0.15) is 6.10 Å². The number of amides is 4. The molecule has 31 heavy (non-hydrogen) atoms. The van der Waals surface area contributed by atoms with E-state index < -0.39 is 45.7 Å². The Morgan fingerprint density at radius 1 is 1.13 bits per heavy atom. The summed E-state index contributed by atoms with van der Waals surface area (Å²) in [5, 5.41) is 2.61. The van der Waals surface area contributed by atoms with Crippen LogP contribution in [0.15, 0.2) is 24.3 Å². The summed E-state index contributed by atoms with van der Waals surface area (Å²) in [6, 6.07) is 0. The summed E-state index contributed by atoms with van der Waals surface area (Å²) in [6.45, 7) is -0.659. The van der Waals surface area contributed by atoms with Gasteiger partial charge in [-0.2, -0.15) is 8.42 Å². The Hall–Kier alpha value is -2.73. The average molecular weight is 458 g/mol. The quantitative estimate of drug-likeness (QED) is 0.193. The van der Waals surface area contributed by atoms with Gasteiger partial charge in [-0.3, -0.25) is 23.8 Å². The highest BCUT2D eigenvalue weighted by atomic mass is 32.2. The molecule has 2 rings (SSSR count). The molecule has 0 saturated heterocycles. The number of hydrogen-bond acceptors (Lipinski definition) is 7. The van der Waals surface area contributed by atoms with Crippen LogP contribution in [0.5, 0.6) is 0 Å². The summed E-state index contributed by atoms with van der Waals surface area (Å²) in [5.41, 5.74) is 0. The molecule has 0 bridgehead atoms. The van der Waals surface area contributed by atoms with Crippen LogP contribution in [0.1, 0.15) is 38.5 Å². The smallest absolute Gasteiger partial charge is 0.407 e. The van der Waals surface area contributed by atoms with E-state index in [1.807, 2.05) is 6.08 Å². The zero-order valence-electron chi connectivity index (χ0n) is 17.0. The number of carbonyl (C=O) groups is 4. The third-order valence-electron chi connectivity index (χ3n) is 4.83. The summed E-state index contributed by atoms with van der Waals surface area (Å²) < 4.78 is 37.8. The lowest BCUT2D eigenvalue weighted by Crippen LogP contribution is -2.48. The van der Waals surface area contributed by atoms with Crippen LogP contribution in [-0.2, 0) is 29.2 Å². The van der Waals surface area contributed by atoms with Crippen molar-refractivity contribution in [1.29, 1.82) is 0 Å². The van der Waals surface area contributed by atoms with E-state index in [1.165, 1.54) is 0 Å². The van der Waals surface area contributed by atoms with Gasteiger partial charge in [0.2, 0.25) is 5.91 Å². The molecule has 0 spiro atoms. The van der Waals surface area contributed by atoms with E-state index in [2.05, 4.69) is 16.7 Å². The van der Waals surface area contributed by atoms with E-state index in [0.29, 0.717) is 12.8 Å². The topological polar surface area (TPSA) is 159 Å². The fourth-order valence-electron chi connectivity index (χ4n) is 3.16. The molecule has 0 radical (unpaired) electrons. The number of carbonyl (C=O) groups excluding carboxylic acids is 4. The van der Waals surface area contributed by atoms with E-state index in [0.717, 1.165) is 36.3 Å². The third-order valence-corrected chi connectivity index (χ3v) is 5.93. The Balaban J connectivity index is 1.77. The first-order valence-corrected chi connectivity index (χ1v) is 11.6. The number of alkyl carbamates (subject to hydrolysis) is 1. The second-order valence-corrected chi connectivity index (χ2v) is 8.80. The van der Waals surface area contributed by atoms with Gasteiger partial charge in [-0.1, -0.05) is 12.2 Å². The van der Waals surface area contributed by atoms with Crippen molar-refractivity contribution in [2.24, 2.45) is 0 Å². The van der Waals surface area contributed by atoms with E-state index in [1.54, 1.807) is 0 Å². The van der Waals surface area contributed by atoms with E-state index in [-0.39, 0.29) is 25.6 Å². The molecule has 1 heterocycles. The summed E-state index contributed by atoms with van der Waals surface area (Å²) in [4.78, 5) is 48.1. The summed E-state index contributed by atoms with van der Waals surface area (Å²) in [5.74, 6) is -1.94. The van der Waals surface area contributed by atoms with Gasteiger partial charge in [0, 0.05) is 31.8 Å². The molecule has 3 N–H and O–H groups in total. The molecule has 1 aliphatic carbocycles. The van der Waals surface area contributed by atoms with Crippen molar-refractivity contribution in [3.8, 4) is 0 Å². The Kier molecular flexibility index (Phi) is 9.19. The van der Waals surface area contributed by atoms with Crippen molar-refractivity contribution >= 4 is 33.9 Å². The molecule has 0 saturated carbocycles. The Labute approximate surface area is 180 Å². The SMILES string of the molecule is O=C(NCC(C(=O)NCCCN1C(=O)C=CC1=O)S(=O)(=O)O)OC1CC/C=C/CCC1. The maximum Gasteiger partial charge on any atom is 0.407 e. The number of ether oxygens (including phenoxy) is 1. The maximum atomic E-state index is 12.2. The van der Waals surface area contributed by atoms with Crippen LogP contribution < -0.4 is 10.6 Å². The number of allylic oxidation sites excluding steroid dienone is 2. The zero-order valence-corrected chi connectivity index (χ0v) is 17.8. The first kappa shape index (κ1) is 24.5. The highest BCUT2D eigenvalue weighted by Crippen LogP contribution is 2.15. The predicted octanol–water partition coefficient (Wildman–Crippen LogP) is 0.289. The molecule has 0 aromatic carbocycles. The second kappa shape index (κ2) is 11.6. The number of nitrogens with zero attached hydrogens (tertiary/aromatic N) is 1. The highest BCUT2D eigenvalue weighted by molar-refractivity contribution is 7.87. The normalized spacial score (nSPS) is 21.2. The first-order chi connectivity index (χ1) is 14.7. The first-order valence-electron chi connectivity index (χ1n) is 10.1. The Morgan fingerprint density at radius 2 is 1.81 bits per heavy atom.